The summed E-state index contributed by atoms with van der Waals surface area (Å²) >= 11 is 20.0. The van der Waals surface area contributed by atoms with Crippen LogP contribution in [0.4, 0.5) is 0 Å². The average Bonchev–Trinajstić information content (AvgIpc) is 3.11. The lowest BCUT2D eigenvalue weighted by molar-refractivity contribution is -0.137. The van der Waals surface area contributed by atoms with Gasteiger partial charge in [0.2, 0.25) is 0 Å². The molecule has 1 aliphatic heterocycles. The molecule has 1 aromatic heterocycles. The Labute approximate surface area is 173 Å². The molecule has 2 aromatic rings. The maximum atomic E-state index is 12.4. The van der Waals surface area contributed by atoms with E-state index in [0.717, 1.165) is 16.0 Å². The van der Waals surface area contributed by atoms with Crippen LogP contribution in [0.25, 0.3) is 17.2 Å². The lowest BCUT2D eigenvalue weighted by Gasteiger charge is -2.12. The summed E-state index contributed by atoms with van der Waals surface area (Å²) in [7, 11) is 0. The zero-order valence-electron chi connectivity index (χ0n) is 13.1. The first-order valence-electron chi connectivity index (χ1n) is 7.36. The minimum Gasteiger partial charge on any atom is -0.481 e. The SMILES string of the molecule is O=C(O)CCN1C(=O)C(=Cc2cc(-c3ccc(Cl)cc3Cl)cs2)SC1=S. The highest BCUT2D eigenvalue weighted by molar-refractivity contribution is 8.26. The zero-order valence-corrected chi connectivity index (χ0v) is 17.0. The molecular weight excluding hydrogens is 433 g/mol. The van der Waals surface area contributed by atoms with Crippen molar-refractivity contribution in [2.24, 2.45) is 0 Å². The first-order valence-corrected chi connectivity index (χ1v) is 10.2. The molecule has 0 saturated carbocycles. The minimum absolute atomic E-state index is 0.0768. The number of carbonyl (C=O) groups is 2. The number of rotatable bonds is 5. The lowest BCUT2D eigenvalue weighted by atomic mass is 10.1. The van der Waals surface area contributed by atoms with Gasteiger partial charge in [0, 0.05) is 27.0 Å². The summed E-state index contributed by atoms with van der Waals surface area (Å²) in [5.41, 5.74) is 1.80. The minimum atomic E-state index is -0.967. The standard InChI is InChI=1S/C17H11Cl2NO3S3/c18-10-1-2-12(13(19)6-10)9-5-11(25-8-9)7-14-16(23)20(17(24)26-14)4-3-15(21)22/h1-2,5-8H,3-4H2,(H,21,22). The maximum Gasteiger partial charge on any atom is 0.305 e. The van der Waals surface area contributed by atoms with Crippen LogP contribution >= 0.6 is 58.5 Å². The van der Waals surface area contributed by atoms with E-state index in [2.05, 4.69) is 0 Å². The Kier molecular flexibility index (Phi) is 6.04. The van der Waals surface area contributed by atoms with E-state index in [0.29, 0.717) is 19.3 Å². The molecule has 0 spiro atoms. The van der Waals surface area contributed by atoms with Gasteiger partial charge in [-0.3, -0.25) is 14.5 Å². The topological polar surface area (TPSA) is 57.6 Å². The van der Waals surface area contributed by atoms with Crippen LogP contribution in [0.3, 0.4) is 0 Å². The van der Waals surface area contributed by atoms with E-state index in [1.54, 1.807) is 18.2 Å². The van der Waals surface area contributed by atoms with Gasteiger partial charge in [-0.15, -0.1) is 11.3 Å². The molecule has 0 aliphatic carbocycles. The highest BCUT2D eigenvalue weighted by atomic mass is 35.5. The molecule has 3 rings (SSSR count). The molecular formula is C17H11Cl2NO3S3. The van der Waals surface area contributed by atoms with Gasteiger partial charge in [0.05, 0.1) is 11.3 Å². The molecule has 1 aliphatic rings. The van der Waals surface area contributed by atoms with Gasteiger partial charge < -0.3 is 5.11 Å². The molecule has 2 heterocycles. The molecule has 0 atom stereocenters. The molecule has 1 amide bonds. The van der Waals surface area contributed by atoms with Crippen molar-refractivity contribution in [2.45, 2.75) is 6.42 Å². The van der Waals surface area contributed by atoms with Crippen molar-refractivity contribution in [2.75, 3.05) is 6.54 Å². The van der Waals surface area contributed by atoms with Crippen molar-refractivity contribution in [3.8, 4) is 11.1 Å². The van der Waals surface area contributed by atoms with E-state index in [9.17, 15) is 9.59 Å². The Bertz CT molecular complexity index is 939. The van der Waals surface area contributed by atoms with Crippen molar-refractivity contribution in [3.63, 3.8) is 0 Å². The van der Waals surface area contributed by atoms with E-state index in [-0.39, 0.29) is 18.9 Å². The molecule has 26 heavy (non-hydrogen) atoms. The van der Waals surface area contributed by atoms with Crippen LogP contribution in [0.5, 0.6) is 0 Å². The summed E-state index contributed by atoms with van der Waals surface area (Å²) in [5, 5.41) is 11.9. The van der Waals surface area contributed by atoms with Crippen LogP contribution in [0.1, 0.15) is 11.3 Å². The fraction of sp³-hybridized carbons (Fsp3) is 0.118. The number of halogens is 2. The van der Waals surface area contributed by atoms with Gasteiger partial charge in [0.1, 0.15) is 4.32 Å². The molecule has 4 nitrogen and oxygen atoms in total. The normalized spacial score (nSPS) is 15.9. The van der Waals surface area contributed by atoms with E-state index < -0.39 is 5.97 Å². The molecule has 134 valence electrons. The number of amides is 1. The fourth-order valence-corrected chi connectivity index (χ4v) is 5.05. The molecule has 0 radical (unpaired) electrons. The van der Waals surface area contributed by atoms with Gasteiger partial charge in [-0.2, -0.15) is 0 Å². The predicted molar refractivity (Wildman–Crippen MR) is 112 cm³/mol. The van der Waals surface area contributed by atoms with Crippen LogP contribution in [-0.4, -0.2) is 32.7 Å². The zero-order chi connectivity index (χ0) is 18.8. The van der Waals surface area contributed by atoms with Crippen molar-refractivity contribution in [3.05, 3.63) is 49.5 Å². The van der Waals surface area contributed by atoms with Gasteiger partial charge in [0.25, 0.3) is 5.91 Å². The lowest BCUT2D eigenvalue weighted by Crippen LogP contribution is -2.30. The highest BCUT2D eigenvalue weighted by Crippen LogP contribution is 2.37. The van der Waals surface area contributed by atoms with E-state index in [4.69, 9.17) is 40.5 Å². The molecule has 1 saturated heterocycles. The van der Waals surface area contributed by atoms with Crippen molar-refractivity contribution in [1.82, 2.24) is 4.90 Å². The number of aliphatic carboxylic acids is 1. The molecule has 0 bridgehead atoms. The summed E-state index contributed by atoms with van der Waals surface area (Å²) in [6, 6.07) is 7.24. The molecule has 9 heteroatoms. The summed E-state index contributed by atoms with van der Waals surface area (Å²) in [4.78, 5) is 25.8. The van der Waals surface area contributed by atoms with E-state index in [1.807, 2.05) is 17.5 Å². The van der Waals surface area contributed by atoms with Gasteiger partial charge >= 0.3 is 5.97 Å². The third-order valence-electron chi connectivity index (χ3n) is 3.56. The molecule has 1 aromatic carbocycles. The van der Waals surface area contributed by atoms with Gasteiger partial charge in [0.15, 0.2) is 0 Å². The number of thioether (sulfide) groups is 1. The van der Waals surface area contributed by atoms with Crippen LogP contribution in [0.2, 0.25) is 10.0 Å². The number of thiophene rings is 1. The van der Waals surface area contributed by atoms with E-state index >= 15 is 0 Å². The summed E-state index contributed by atoms with van der Waals surface area (Å²) in [5.74, 6) is -1.23. The molecule has 0 unspecified atom stereocenters. The summed E-state index contributed by atoms with van der Waals surface area (Å²) in [6.45, 7) is 0.0768. The van der Waals surface area contributed by atoms with E-state index in [1.165, 1.54) is 28.0 Å². The fourth-order valence-electron chi connectivity index (χ4n) is 2.32. The highest BCUT2D eigenvalue weighted by Gasteiger charge is 2.32. The van der Waals surface area contributed by atoms with Gasteiger partial charge in [-0.1, -0.05) is 53.2 Å². The third-order valence-corrected chi connectivity index (χ3v) is 6.36. The number of benzene rings is 1. The first kappa shape index (κ1) is 19.4. The van der Waals surface area contributed by atoms with Gasteiger partial charge in [-0.05, 0) is 35.2 Å². The maximum absolute atomic E-state index is 12.4. The quantitative estimate of drug-likeness (QED) is 0.495. The average molecular weight is 444 g/mol. The molecule has 1 N–H and O–H groups in total. The Morgan fingerprint density at radius 2 is 2.08 bits per heavy atom. The van der Waals surface area contributed by atoms with Crippen molar-refractivity contribution >= 4 is 80.8 Å². The Morgan fingerprint density at radius 1 is 1.31 bits per heavy atom. The summed E-state index contributed by atoms with van der Waals surface area (Å²) < 4.78 is 0.375. The monoisotopic (exact) mass is 443 g/mol. The molecule has 1 fully saturated rings. The summed E-state index contributed by atoms with van der Waals surface area (Å²) in [6.07, 6.45) is 1.62. The number of carbonyl (C=O) groups excluding carboxylic acids is 1. The van der Waals surface area contributed by atoms with Crippen LogP contribution in [0.15, 0.2) is 34.6 Å². The number of thiocarbonyl (C=S) groups is 1. The number of carboxylic acids is 1. The number of hydrogen-bond donors (Lipinski definition) is 1. The number of nitrogens with zero attached hydrogens (tertiary/aromatic N) is 1. The van der Waals surface area contributed by atoms with Crippen LogP contribution < -0.4 is 0 Å². The second-order valence-corrected chi connectivity index (χ2v) is 8.80. The van der Waals surface area contributed by atoms with Crippen LogP contribution in [0, 0.1) is 0 Å². The Balaban J connectivity index is 1.81. The second-order valence-electron chi connectivity index (χ2n) is 5.34. The smallest absolute Gasteiger partial charge is 0.305 e. The predicted octanol–water partition coefficient (Wildman–Crippen LogP) is 5.40. The van der Waals surface area contributed by atoms with Crippen molar-refractivity contribution in [1.29, 1.82) is 0 Å². The number of carboxylic acid groups (broad SMARTS) is 1. The third kappa shape index (κ3) is 4.29. The second kappa shape index (κ2) is 8.10. The first-order chi connectivity index (χ1) is 12.3. The Morgan fingerprint density at radius 3 is 2.77 bits per heavy atom. The number of hydrogen-bond acceptors (Lipinski definition) is 5. The van der Waals surface area contributed by atoms with Gasteiger partial charge in [-0.25, -0.2) is 0 Å². The Hall–Kier alpha value is -1.38. The van der Waals surface area contributed by atoms with Crippen molar-refractivity contribution < 1.29 is 14.7 Å². The van der Waals surface area contributed by atoms with Crippen LogP contribution in [-0.2, 0) is 9.59 Å². The largest absolute Gasteiger partial charge is 0.481 e.